The van der Waals surface area contributed by atoms with Gasteiger partial charge >= 0.3 is 0 Å². The first-order valence-corrected chi connectivity index (χ1v) is 9.83. The highest BCUT2D eigenvalue weighted by Crippen LogP contribution is 2.19. The van der Waals surface area contributed by atoms with Crippen molar-refractivity contribution in [2.24, 2.45) is 0 Å². The Balaban J connectivity index is 1.67. The van der Waals surface area contributed by atoms with Gasteiger partial charge in [-0.25, -0.2) is 8.42 Å². The summed E-state index contributed by atoms with van der Waals surface area (Å²) in [6.45, 7) is 0.608. The second kappa shape index (κ2) is 7.18. The monoisotopic (exact) mass is 360 g/mol. The molecule has 132 valence electrons. The molecule has 7 nitrogen and oxygen atoms in total. The van der Waals surface area contributed by atoms with Gasteiger partial charge in [-0.3, -0.25) is 14.8 Å². The maximum atomic E-state index is 12.6. The van der Waals surface area contributed by atoms with Crippen LogP contribution in [0.25, 0.3) is 0 Å². The van der Waals surface area contributed by atoms with Crippen molar-refractivity contribution < 1.29 is 13.2 Å². The van der Waals surface area contributed by atoms with E-state index in [2.05, 4.69) is 15.3 Å². The van der Waals surface area contributed by atoms with E-state index in [1.54, 1.807) is 37.8 Å². The van der Waals surface area contributed by atoms with Crippen LogP contribution in [0, 0.1) is 0 Å². The van der Waals surface area contributed by atoms with Crippen molar-refractivity contribution in [1.82, 2.24) is 14.9 Å². The quantitative estimate of drug-likeness (QED) is 0.865. The Morgan fingerprint density at radius 3 is 2.72 bits per heavy atom. The average Bonchev–Trinajstić information content (AvgIpc) is 3.00. The van der Waals surface area contributed by atoms with Crippen LogP contribution in [0.4, 0.5) is 5.69 Å². The zero-order valence-electron chi connectivity index (χ0n) is 13.9. The van der Waals surface area contributed by atoms with Crippen molar-refractivity contribution >= 4 is 21.4 Å². The molecule has 1 amide bonds. The van der Waals surface area contributed by atoms with Gasteiger partial charge in [0.2, 0.25) is 0 Å². The predicted octanol–water partition coefficient (Wildman–Crippen LogP) is 1.35. The van der Waals surface area contributed by atoms with E-state index >= 15 is 0 Å². The molecule has 3 rings (SSSR count). The fraction of sp³-hybridized carbons (Fsp3) is 0.353. The van der Waals surface area contributed by atoms with E-state index in [4.69, 9.17) is 0 Å². The van der Waals surface area contributed by atoms with Crippen LogP contribution in [0.5, 0.6) is 0 Å². The van der Waals surface area contributed by atoms with Gasteiger partial charge < -0.3 is 10.2 Å². The number of amides is 1. The van der Waals surface area contributed by atoms with E-state index in [1.165, 1.54) is 4.90 Å². The van der Waals surface area contributed by atoms with Gasteiger partial charge in [-0.05, 0) is 36.2 Å². The topological polar surface area (TPSA) is 92.3 Å². The first-order chi connectivity index (χ1) is 11.9. The number of aromatic nitrogens is 2. The first-order valence-electron chi connectivity index (χ1n) is 8.01. The number of pyridine rings is 2. The molecule has 1 aliphatic heterocycles. The fourth-order valence-electron chi connectivity index (χ4n) is 2.79. The molecule has 1 N–H and O–H groups in total. The highest BCUT2D eigenvalue weighted by molar-refractivity contribution is 7.91. The van der Waals surface area contributed by atoms with Crippen LogP contribution in [0.2, 0.25) is 0 Å². The molecule has 0 aromatic carbocycles. The molecule has 2 aromatic heterocycles. The lowest BCUT2D eigenvalue weighted by molar-refractivity contribution is 0.0742. The fourth-order valence-corrected chi connectivity index (χ4v) is 4.56. The van der Waals surface area contributed by atoms with E-state index in [1.807, 2.05) is 12.1 Å². The minimum Gasteiger partial charge on any atom is -0.381 e. The molecule has 2 aromatic rings. The lowest BCUT2D eigenvalue weighted by atomic mass is 10.2. The molecule has 1 atom stereocenters. The van der Waals surface area contributed by atoms with E-state index in [9.17, 15) is 13.2 Å². The minimum atomic E-state index is -3.04. The number of anilines is 1. The summed E-state index contributed by atoms with van der Waals surface area (Å²) < 4.78 is 23.2. The number of nitrogens with zero attached hydrogens (tertiary/aromatic N) is 3. The van der Waals surface area contributed by atoms with Gasteiger partial charge in [-0.2, -0.15) is 0 Å². The van der Waals surface area contributed by atoms with Crippen molar-refractivity contribution in [1.29, 1.82) is 0 Å². The number of hydrogen-bond acceptors (Lipinski definition) is 6. The summed E-state index contributed by atoms with van der Waals surface area (Å²) in [7, 11) is -1.40. The molecular formula is C17H20N4O3S. The van der Waals surface area contributed by atoms with Crippen LogP contribution in [0.15, 0.2) is 42.9 Å². The molecule has 0 radical (unpaired) electrons. The van der Waals surface area contributed by atoms with Crippen LogP contribution >= 0.6 is 0 Å². The van der Waals surface area contributed by atoms with Crippen molar-refractivity contribution in [3.8, 4) is 0 Å². The van der Waals surface area contributed by atoms with Crippen molar-refractivity contribution in [2.45, 2.75) is 19.0 Å². The highest BCUT2D eigenvalue weighted by atomic mass is 32.2. The smallest absolute Gasteiger partial charge is 0.272 e. The third kappa shape index (κ3) is 4.33. The van der Waals surface area contributed by atoms with Gasteiger partial charge in [0.1, 0.15) is 5.69 Å². The van der Waals surface area contributed by atoms with Gasteiger partial charge in [-0.1, -0.05) is 0 Å². The summed E-state index contributed by atoms with van der Waals surface area (Å²) in [4.78, 5) is 22.2. The first kappa shape index (κ1) is 17.3. The van der Waals surface area contributed by atoms with Gasteiger partial charge in [0.05, 0.1) is 11.5 Å². The standard InChI is InChI=1S/C17H20N4O3S/c1-21(15-5-9-25(23,24)12-15)17(22)16-10-14(4-8-19-16)20-11-13-2-6-18-7-3-13/h2-4,6-8,10,15H,5,9,11-12H2,1H3,(H,19,20). The molecule has 1 saturated heterocycles. The molecular weight excluding hydrogens is 340 g/mol. The Kier molecular flexibility index (Phi) is 4.98. The number of nitrogens with one attached hydrogen (secondary N) is 1. The Bertz CT molecular complexity index is 855. The van der Waals surface area contributed by atoms with E-state index in [-0.39, 0.29) is 23.5 Å². The number of carbonyl (C=O) groups is 1. The summed E-state index contributed by atoms with van der Waals surface area (Å²) in [5.41, 5.74) is 2.15. The lowest BCUT2D eigenvalue weighted by Crippen LogP contribution is -2.38. The van der Waals surface area contributed by atoms with E-state index in [0.717, 1.165) is 11.3 Å². The van der Waals surface area contributed by atoms with Gasteiger partial charge in [0.25, 0.3) is 5.91 Å². The van der Waals surface area contributed by atoms with Crippen molar-refractivity contribution in [3.05, 3.63) is 54.1 Å². The minimum absolute atomic E-state index is 0.0230. The number of rotatable bonds is 5. The van der Waals surface area contributed by atoms with E-state index in [0.29, 0.717) is 18.7 Å². The average molecular weight is 360 g/mol. The zero-order valence-corrected chi connectivity index (χ0v) is 14.7. The summed E-state index contributed by atoms with van der Waals surface area (Å²) in [5.74, 6) is -0.111. The molecule has 1 unspecified atom stereocenters. The molecule has 0 bridgehead atoms. The normalized spacial score (nSPS) is 18.7. The third-order valence-electron chi connectivity index (χ3n) is 4.30. The molecule has 1 aliphatic rings. The summed E-state index contributed by atoms with van der Waals surface area (Å²) in [6, 6.07) is 7.01. The Labute approximate surface area is 147 Å². The van der Waals surface area contributed by atoms with Crippen LogP contribution in [-0.4, -0.2) is 53.8 Å². The van der Waals surface area contributed by atoms with Crippen LogP contribution in [0.3, 0.4) is 0 Å². The summed E-state index contributed by atoms with van der Waals surface area (Å²) in [5, 5.41) is 3.24. The zero-order chi connectivity index (χ0) is 17.9. The van der Waals surface area contributed by atoms with Gasteiger partial charge in [-0.15, -0.1) is 0 Å². The Morgan fingerprint density at radius 1 is 1.28 bits per heavy atom. The van der Waals surface area contributed by atoms with Gasteiger partial charge in [0.15, 0.2) is 9.84 Å². The molecule has 8 heteroatoms. The Hall–Kier alpha value is -2.48. The lowest BCUT2D eigenvalue weighted by Gasteiger charge is -2.23. The molecule has 3 heterocycles. The maximum absolute atomic E-state index is 12.6. The highest BCUT2D eigenvalue weighted by Gasteiger charge is 2.33. The summed E-state index contributed by atoms with van der Waals surface area (Å²) in [6.07, 6.45) is 5.50. The van der Waals surface area contributed by atoms with Gasteiger partial charge in [0, 0.05) is 43.9 Å². The molecule has 0 saturated carbocycles. The van der Waals surface area contributed by atoms with Crippen LogP contribution in [0.1, 0.15) is 22.5 Å². The summed E-state index contributed by atoms with van der Waals surface area (Å²) >= 11 is 0. The maximum Gasteiger partial charge on any atom is 0.272 e. The molecule has 0 aliphatic carbocycles. The van der Waals surface area contributed by atoms with Crippen LogP contribution < -0.4 is 5.32 Å². The number of hydrogen-bond donors (Lipinski definition) is 1. The van der Waals surface area contributed by atoms with Crippen LogP contribution in [-0.2, 0) is 16.4 Å². The second-order valence-electron chi connectivity index (χ2n) is 6.11. The molecule has 25 heavy (non-hydrogen) atoms. The van der Waals surface area contributed by atoms with Crippen molar-refractivity contribution in [3.63, 3.8) is 0 Å². The number of sulfone groups is 1. The predicted molar refractivity (Wildman–Crippen MR) is 95.0 cm³/mol. The number of carbonyl (C=O) groups excluding carboxylic acids is 1. The van der Waals surface area contributed by atoms with E-state index < -0.39 is 9.84 Å². The second-order valence-corrected chi connectivity index (χ2v) is 8.34. The Morgan fingerprint density at radius 2 is 2.04 bits per heavy atom. The molecule has 0 spiro atoms. The SMILES string of the molecule is CN(C(=O)c1cc(NCc2ccncc2)ccn1)C1CCS(=O)(=O)C1. The largest absolute Gasteiger partial charge is 0.381 e. The molecule has 1 fully saturated rings. The third-order valence-corrected chi connectivity index (χ3v) is 6.05. The van der Waals surface area contributed by atoms with Crippen molar-refractivity contribution in [2.75, 3.05) is 23.9 Å².